The van der Waals surface area contributed by atoms with Crippen LogP contribution < -0.4 is 4.72 Å². The first-order valence-electron chi connectivity index (χ1n) is 6.03. The van der Waals surface area contributed by atoms with Crippen LogP contribution >= 0.6 is 23.2 Å². The first-order chi connectivity index (χ1) is 9.86. The third-order valence-corrected chi connectivity index (χ3v) is 5.38. The summed E-state index contributed by atoms with van der Waals surface area (Å²) < 4.78 is 27.3. The van der Waals surface area contributed by atoms with Gasteiger partial charge in [-0.2, -0.15) is 0 Å². The molecule has 2 N–H and O–H groups in total. The Labute approximate surface area is 133 Å². The molecule has 0 amide bonds. The zero-order chi connectivity index (χ0) is 15.6. The second kappa shape index (κ2) is 6.23. The van der Waals surface area contributed by atoms with Gasteiger partial charge >= 0.3 is 0 Å². The fourth-order valence-electron chi connectivity index (χ4n) is 1.90. The molecule has 0 fully saturated rings. The second-order valence-electron chi connectivity index (χ2n) is 4.41. The molecule has 0 aliphatic rings. The van der Waals surface area contributed by atoms with Gasteiger partial charge in [-0.05, 0) is 36.2 Å². The Bertz CT molecular complexity index is 776. The molecule has 0 unspecified atom stereocenters. The molecule has 21 heavy (non-hydrogen) atoms. The molecule has 0 bridgehead atoms. The van der Waals surface area contributed by atoms with E-state index in [1.807, 2.05) is 0 Å². The molecule has 0 aliphatic heterocycles. The first-order valence-corrected chi connectivity index (χ1v) is 8.27. The van der Waals surface area contributed by atoms with Crippen LogP contribution in [0.1, 0.15) is 11.1 Å². The van der Waals surface area contributed by atoms with Crippen LogP contribution in [-0.2, 0) is 16.6 Å². The van der Waals surface area contributed by atoms with Gasteiger partial charge in [0.25, 0.3) is 10.0 Å². The van der Waals surface area contributed by atoms with E-state index in [2.05, 4.69) is 4.72 Å². The summed E-state index contributed by atoms with van der Waals surface area (Å²) >= 11 is 11.9. The predicted octanol–water partition coefficient (Wildman–Crippen LogP) is 3.59. The highest BCUT2D eigenvalue weighted by Gasteiger charge is 2.20. The van der Waals surface area contributed by atoms with Gasteiger partial charge in [-0.3, -0.25) is 4.72 Å². The van der Waals surface area contributed by atoms with Crippen LogP contribution in [0.5, 0.6) is 0 Å². The zero-order valence-electron chi connectivity index (χ0n) is 11.1. The van der Waals surface area contributed by atoms with E-state index in [1.165, 1.54) is 12.1 Å². The highest BCUT2D eigenvalue weighted by atomic mass is 35.5. The summed E-state index contributed by atoms with van der Waals surface area (Å²) in [7, 11) is -3.82. The van der Waals surface area contributed by atoms with Crippen molar-refractivity contribution in [1.82, 2.24) is 0 Å². The van der Waals surface area contributed by atoms with Crippen LogP contribution in [-0.4, -0.2) is 13.5 Å². The number of sulfonamides is 1. The third kappa shape index (κ3) is 3.32. The molecule has 0 aromatic heterocycles. The standard InChI is InChI=1S/C14H13Cl2NO3S/c1-9-10(8-18)4-2-7-13(9)21(19,20)17-12-6-3-5-11(15)14(12)16/h2-7,17-18H,8H2,1H3. The number of aliphatic hydroxyl groups excluding tert-OH is 1. The van der Waals surface area contributed by atoms with Gasteiger partial charge in [0.1, 0.15) is 0 Å². The smallest absolute Gasteiger partial charge is 0.262 e. The van der Waals surface area contributed by atoms with Gasteiger partial charge in [-0.15, -0.1) is 0 Å². The Morgan fingerprint density at radius 3 is 2.48 bits per heavy atom. The number of halogens is 2. The molecule has 112 valence electrons. The molecule has 0 saturated carbocycles. The summed E-state index contributed by atoms with van der Waals surface area (Å²) in [6.07, 6.45) is 0. The molecule has 0 saturated heterocycles. The van der Waals surface area contributed by atoms with Gasteiger partial charge in [0.15, 0.2) is 0 Å². The summed E-state index contributed by atoms with van der Waals surface area (Å²) in [5.74, 6) is 0. The van der Waals surface area contributed by atoms with Crippen molar-refractivity contribution >= 4 is 38.9 Å². The van der Waals surface area contributed by atoms with Crippen molar-refractivity contribution in [2.24, 2.45) is 0 Å². The fourth-order valence-corrected chi connectivity index (χ4v) is 3.67. The van der Waals surface area contributed by atoms with E-state index in [4.69, 9.17) is 23.2 Å². The van der Waals surface area contributed by atoms with Crippen molar-refractivity contribution in [3.8, 4) is 0 Å². The van der Waals surface area contributed by atoms with E-state index in [-0.39, 0.29) is 27.2 Å². The largest absolute Gasteiger partial charge is 0.392 e. The highest BCUT2D eigenvalue weighted by Crippen LogP contribution is 2.31. The van der Waals surface area contributed by atoms with Crippen LogP contribution in [0.4, 0.5) is 5.69 Å². The lowest BCUT2D eigenvalue weighted by atomic mass is 10.1. The van der Waals surface area contributed by atoms with Gasteiger partial charge < -0.3 is 5.11 Å². The Kier molecular flexibility index (Phi) is 4.78. The van der Waals surface area contributed by atoms with Crippen molar-refractivity contribution in [3.05, 3.63) is 57.6 Å². The third-order valence-electron chi connectivity index (χ3n) is 3.05. The molecule has 2 aromatic carbocycles. The summed E-state index contributed by atoms with van der Waals surface area (Å²) in [6.45, 7) is 1.41. The van der Waals surface area contributed by atoms with E-state index < -0.39 is 10.0 Å². The van der Waals surface area contributed by atoms with E-state index in [1.54, 1.807) is 31.2 Å². The van der Waals surface area contributed by atoms with Crippen molar-refractivity contribution < 1.29 is 13.5 Å². The van der Waals surface area contributed by atoms with E-state index in [9.17, 15) is 13.5 Å². The van der Waals surface area contributed by atoms with Crippen molar-refractivity contribution in [2.75, 3.05) is 4.72 Å². The summed E-state index contributed by atoms with van der Waals surface area (Å²) in [6, 6.07) is 9.40. The molecule has 2 aromatic rings. The van der Waals surface area contributed by atoms with Gasteiger partial charge in [0, 0.05) is 0 Å². The lowest BCUT2D eigenvalue weighted by Crippen LogP contribution is -2.15. The van der Waals surface area contributed by atoms with Gasteiger partial charge in [0.2, 0.25) is 0 Å². The number of aliphatic hydroxyl groups is 1. The lowest BCUT2D eigenvalue weighted by Gasteiger charge is -2.13. The topological polar surface area (TPSA) is 66.4 Å². The quantitative estimate of drug-likeness (QED) is 0.889. The Balaban J connectivity index is 2.46. The van der Waals surface area contributed by atoms with Crippen LogP contribution in [0.2, 0.25) is 10.0 Å². The van der Waals surface area contributed by atoms with Crippen molar-refractivity contribution in [3.63, 3.8) is 0 Å². The molecule has 0 heterocycles. The van der Waals surface area contributed by atoms with Gasteiger partial charge in [-0.1, -0.05) is 41.4 Å². The average Bonchev–Trinajstić information content (AvgIpc) is 2.44. The number of hydrogen-bond acceptors (Lipinski definition) is 3. The average molecular weight is 346 g/mol. The maximum Gasteiger partial charge on any atom is 0.262 e. The Morgan fingerprint density at radius 2 is 1.81 bits per heavy atom. The van der Waals surface area contributed by atoms with Crippen molar-refractivity contribution in [1.29, 1.82) is 0 Å². The summed E-state index contributed by atoms with van der Waals surface area (Å²) in [4.78, 5) is 0.0880. The zero-order valence-corrected chi connectivity index (χ0v) is 13.4. The van der Waals surface area contributed by atoms with Crippen molar-refractivity contribution in [2.45, 2.75) is 18.4 Å². The first kappa shape index (κ1) is 16.1. The van der Waals surface area contributed by atoms with Crippen LogP contribution in [0.3, 0.4) is 0 Å². The molecule has 4 nitrogen and oxygen atoms in total. The molecule has 2 rings (SSSR count). The Morgan fingerprint density at radius 1 is 1.14 bits per heavy atom. The fraction of sp³-hybridized carbons (Fsp3) is 0.143. The monoisotopic (exact) mass is 345 g/mol. The maximum atomic E-state index is 12.5. The number of rotatable bonds is 4. The van der Waals surface area contributed by atoms with E-state index in [0.29, 0.717) is 11.1 Å². The minimum Gasteiger partial charge on any atom is -0.392 e. The number of benzene rings is 2. The SMILES string of the molecule is Cc1c(CO)cccc1S(=O)(=O)Nc1cccc(Cl)c1Cl. The van der Waals surface area contributed by atoms with Gasteiger partial charge in [-0.25, -0.2) is 8.42 Å². The number of hydrogen-bond donors (Lipinski definition) is 2. The van der Waals surface area contributed by atoms with E-state index in [0.717, 1.165) is 0 Å². The maximum absolute atomic E-state index is 12.5. The number of nitrogens with one attached hydrogen (secondary N) is 1. The summed E-state index contributed by atoms with van der Waals surface area (Å²) in [5.41, 5.74) is 1.25. The minimum absolute atomic E-state index is 0.0880. The molecule has 0 spiro atoms. The number of anilines is 1. The van der Waals surface area contributed by atoms with Crippen LogP contribution in [0.25, 0.3) is 0 Å². The van der Waals surface area contributed by atoms with Crippen LogP contribution in [0.15, 0.2) is 41.3 Å². The van der Waals surface area contributed by atoms with E-state index >= 15 is 0 Å². The normalized spacial score (nSPS) is 11.4. The molecule has 0 radical (unpaired) electrons. The Hall–Kier alpha value is -1.27. The molecular weight excluding hydrogens is 333 g/mol. The summed E-state index contributed by atoms with van der Waals surface area (Å²) in [5, 5.41) is 9.62. The van der Waals surface area contributed by atoms with Crippen LogP contribution in [0, 0.1) is 6.92 Å². The van der Waals surface area contributed by atoms with Gasteiger partial charge in [0.05, 0.1) is 27.2 Å². The predicted molar refractivity (Wildman–Crippen MR) is 84.4 cm³/mol. The second-order valence-corrected chi connectivity index (χ2v) is 6.84. The molecule has 7 heteroatoms. The molecular formula is C14H13Cl2NO3S. The molecule has 0 aliphatic carbocycles. The minimum atomic E-state index is -3.82. The molecule has 0 atom stereocenters. The highest BCUT2D eigenvalue weighted by molar-refractivity contribution is 7.92. The lowest BCUT2D eigenvalue weighted by molar-refractivity contribution is 0.280.